The van der Waals surface area contributed by atoms with Gasteiger partial charge in [-0.1, -0.05) is 13.8 Å². The van der Waals surface area contributed by atoms with E-state index < -0.39 is 0 Å². The molecule has 1 atom stereocenters. The third kappa shape index (κ3) is 4.79. The second-order valence-electron chi connectivity index (χ2n) is 6.54. The summed E-state index contributed by atoms with van der Waals surface area (Å²) in [4.78, 5) is 26.2. The molecule has 5 heteroatoms. The Kier molecular flexibility index (Phi) is 6.16. The van der Waals surface area contributed by atoms with Gasteiger partial charge in [0.1, 0.15) is 0 Å². The molecule has 0 bridgehead atoms. The maximum Gasteiger partial charge on any atom is 0.253 e. The maximum absolute atomic E-state index is 12.6. The smallest absolute Gasteiger partial charge is 0.253 e. The lowest BCUT2D eigenvalue weighted by Crippen LogP contribution is -2.42. The lowest BCUT2D eigenvalue weighted by molar-refractivity contribution is -0.118. The fourth-order valence-corrected chi connectivity index (χ4v) is 2.87. The molecule has 1 aromatic carbocycles. The van der Waals surface area contributed by atoms with Crippen LogP contribution in [0.5, 0.6) is 0 Å². The Hall–Kier alpha value is -1.88. The van der Waals surface area contributed by atoms with Crippen LogP contribution >= 0.6 is 0 Å². The molecule has 2 amide bonds. The van der Waals surface area contributed by atoms with Gasteiger partial charge < -0.3 is 15.5 Å². The van der Waals surface area contributed by atoms with Gasteiger partial charge in [0.15, 0.2) is 0 Å². The first-order chi connectivity index (χ1) is 11.0. The summed E-state index contributed by atoms with van der Waals surface area (Å²) in [5.41, 5.74) is 1.41. The Bertz CT molecular complexity index is 538. The minimum atomic E-state index is -0.0613. The molecule has 0 spiro atoms. The summed E-state index contributed by atoms with van der Waals surface area (Å²) in [5.74, 6) is 0.527. The molecule has 0 aromatic heterocycles. The van der Waals surface area contributed by atoms with E-state index in [-0.39, 0.29) is 17.7 Å². The molecule has 1 aromatic rings. The van der Waals surface area contributed by atoms with Crippen molar-refractivity contribution in [1.82, 2.24) is 10.2 Å². The van der Waals surface area contributed by atoms with E-state index in [9.17, 15) is 9.59 Å². The predicted molar refractivity (Wildman–Crippen MR) is 92.5 cm³/mol. The number of rotatable bonds is 5. The van der Waals surface area contributed by atoms with Crippen LogP contribution < -0.4 is 10.6 Å². The number of hydrogen-bond acceptors (Lipinski definition) is 3. The zero-order valence-corrected chi connectivity index (χ0v) is 14.3. The summed E-state index contributed by atoms with van der Waals surface area (Å²) in [6.07, 6.45) is 2.23. The van der Waals surface area contributed by atoms with Crippen LogP contribution in [0.25, 0.3) is 0 Å². The monoisotopic (exact) mass is 317 g/mol. The molecule has 2 rings (SSSR count). The number of likely N-dealkylation sites (tertiary alicyclic amines) is 1. The Morgan fingerprint density at radius 1 is 1.26 bits per heavy atom. The predicted octanol–water partition coefficient (Wildman–Crippen LogP) is 2.35. The third-order valence-corrected chi connectivity index (χ3v) is 4.22. The van der Waals surface area contributed by atoms with Gasteiger partial charge in [0, 0.05) is 30.3 Å². The van der Waals surface area contributed by atoms with Gasteiger partial charge in [-0.2, -0.15) is 0 Å². The van der Waals surface area contributed by atoms with Gasteiger partial charge in [-0.15, -0.1) is 0 Å². The highest BCUT2D eigenvalue weighted by Gasteiger charge is 2.24. The molecule has 0 saturated carbocycles. The van der Waals surface area contributed by atoms with E-state index >= 15 is 0 Å². The van der Waals surface area contributed by atoms with Crippen LogP contribution in [0.2, 0.25) is 0 Å². The van der Waals surface area contributed by atoms with E-state index in [1.807, 2.05) is 25.8 Å². The van der Waals surface area contributed by atoms with Gasteiger partial charge >= 0.3 is 0 Å². The largest absolute Gasteiger partial charge is 0.338 e. The van der Waals surface area contributed by atoms with E-state index in [2.05, 4.69) is 10.6 Å². The van der Waals surface area contributed by atoms with Crippen molar-refractivity contribution in [1.29, 1.82) is 0 Å². The molecule has 5 nitrogen and oxygen atoms in total. The van der Waals surface area contributed by atoms with E-state index in [4.69, 9.17) is 0 Å². The van der Waals surface area contributed by atoms with Gasteiger partial charge in [0.05, 0.1) is 0 Å². The summed E-state index contributed by atoms with van der Waals surface area (Å²) in [7, 11) is 1.95. The number of carbonyl (C=O) groups excluding carboxylic acids is 2. The summed E-state index contributed by atoms with van der Waals surface area (Å²) in [6.45, 7) is 6.29. The SMILES string of the molecule is CNCC1CCCN(C(=O)c2ccc(NC(=O)C(C)C)cc2)C1. The van der Waals surface area contributed by atoms with Gasteiger partial charge in [0.25, 0.3) is 5.91 Å². The quantitative estimate of drug-likeness (QED) is 0.876. The molecule has 2 N–H and O–H groups in total. The van der Waals surface area contributed by atoms with Gasteiger partial charge in [-0.05, 0) is 56.6 Å². The Morgan fingerprint density at radius 3 is 2.57 bits per heavy atom. The minimum absolute atomic E-state index is 0.0185. The van der Waals surface area contributed by atoms with Crippen LogP contribution in [0.4, 0.5) is 5.69 Å². The van der Waals surface area contributed by atoms with Crippen molar-refractivity contribution >= 4 is 17.5 Å². The first-order valence-electron chi connectivity index (χ1n) is 8.36. The Balaban J connectivity index is 1.98. The number of piperidine rings is 1. The zero-order valence-electron chi connectivity index (χ0n) is 14.3. The molecule has 1 heterocycles. The summed E-state index contributed by atoms with van der Waals surface area (Å²) >= 11 is 0. The van der Waals surface area contributed by atoms with E-state index in [1.54, 1.807) is 24.3 Å². The van der Waals surface area contributed by atoms with Crippen LogP contribution in [0.3, 0.4) is 0 Å². The van der Waals surface area contributed by atoms with Crippen LogP contribution in [0.1, 0.15) is 37.0 Å². The maximum atomic E-state index is 12.6. The van der Waals surface area contributed by atoms with Crippen LogP contribution in [-0.4, -0.2) is 43.4 Å². The van der Waals surface area contributed by atoms with Crippen LogP contribution in [-0.2, 0) is 4.79 Å². The fraction of sp³-hybridized carbons (Fsp3) is 0.556. The van der Waals surface area contributed by atoms with Crippen molar-refractivity contribution in [3.8, 4) is 0 Å². The number of hydrogen-bond donors (Lipinski definition) is 2. The highest BCUT2D eigenvalue weighted by atomic mass is 16.2. The normalized spacial score (nSPS) is 18.1. The summed E-state index contributed by atoms with van der Waals surface area (Å²) < 4.78 is 0. The van der Waals surface area contributed by atoms with E-state index in [1.165, 1.54) is 6.42 Å². The fourth-order valence-electron chi connectivity index (χ4n) is 2.87. The highest BCUT2D eigenvalue weighted by molar-refractivity contribution is 5.96. The number of carbonyl (C=O) groups is 2. The van der Waals surface area contributed by atoms with Gasteiger partial charge in [0.2, 0.25) is 5.91 Å². The average molecular weight is 317 g/mol. The first-order valence-corrected chi connectivity index (χ1v) is 8.36. The average Bonchev–Trinajstić information content (AvgIpc) is 2.55. The third-order valence-electron chi connectivity index (χ3n) is 4.22. The molecule has 0 radical (unpaired) electrons. The standard InChI is InChI=1S/C18H27N3O2/c1-13(2)17(22)20-16-8-6-15(7-9-16)18(23)21-10-4-5-14(12-21)11-19-3/h6-9,13-14,19H,4-5,10-12H2,1-3H3,(H,20,22). The molecule has 1 unspecified atom stereocenters. The molecule has 1 saturated heterocycles. The number of anilines is 1. The van der Waals surface area contributed by atoms with Crippen LogP contribution in [0.15, 0.2) is 24.3 Å². The van der Waals surface area contributed by atoms with Crippen molar-refractivity contribution in [3.63, 3.8) is 0 Å². The van der Waals surface area contributed by atoms with E-state index in [0.29, 0.717) is 11.5 Å². The molecule has 0 aliphatic carbocycles. The Morgan fingerprint density at radius 2 is 1.96 bits per heavy atom. The molecule has 126 valence electrons. The molecule has 1 aliphatic rings. The molecular weight excluding hydrogens is 290 g/mol. The molecule has 1 fully saturated rings. The Labute approximate surface area is 138 Å². The minimum Gasteiger partial charge on any atom is -0.338 e. The van der Waals surface area contributed by atoms with Crippen molar-refractivity contribution in [3.05, 3.63) is 29.8 Å². The summed E-state index contributed by atoms with van der Waals surface area (Å²) in [5, 5.41) is 6.03. The molecule has 23 heavy (non-hydrogen) atoms. The number of nitrogens with one attached hydrogen (secondary N) is 2. The highest BCUT2D eigenvalue weighted by Crippen LogP contribution is 2.19. The second-order valence-corrected chi connectivity index (χ2v) is 6.54. The number of benzene rings is 1. The number of amides is 2. The zero-order chi connectivity index (χ0) is 16.8. The van der Waals surface area contributed by atoms with E-state index in [0.717, 1.165) is 31.7 Å². The van der Waals surface area contributed by atoms with Crippen LogP contribution in [0, 0.1) is 11.8 Å². The van der Waals surface area contributed by atoms with Crippen molar-refractivity contribution in [2.24, 2.45) is 11.8 Å². The lowest BCUT2D eigenvalue weighted by atomic mass is 9.97. The van der Waals surface area contributed by atoms with Gasteiger partial charge in [-0.25, -0.2) is 0 Å². The first kappa shape index (κ1) is 17.5. The second kappa shape index (κ2) is 8.11. The topological polar surface area (TPSA) is 61.4 Å². The van der Waals surface area contributed by atoms with Crippen molar-refractivity contribution in [2.45, 2.75) is 26.7 Å². The van der Waals surface area contributed by atoms with Crippen molar-refractivity contribution in [2.75, 3.05) is 32.0 Å². The number of nitrogens with zero attached hydrogens (tertiary/aromatic N) is 1. The molecular formula is C18H27N3O2. The lowest BCUT2D eigenvalue weighted by Gasteiger charge is -2.32. The molecule has 1 aliphatic heterocycles. The summed E-state index contributed by atoms with van der Waals surface area (Å²) in [6, 6.07) is 7.17. The van der Waals surface area contributed by atoms with Crippen molar-refractivity contribution < 1.29 is 9.59 Å². The van der Waals surface area contributed by atoms with Gasteiger partial charge in [-0.3, -0.25) is 9.59 Å².